The molecule has 220 valence electrons. The van der Waals surface area contributed by atoms with E-state index in [0.717, 1.165) is 18.3 Å². The Morgan fingerprint density at radius 2 is 1.17 bits per heavy atom. The minimum atomic E-state index is -0.612. The number of hydrogen-bond acceptors (Lipinski definition) is 7. The van der Waals surface area contributed by atoms with Crippen LogP contribution in [0, 0.1) is 40.7 Å². The Morgan fingerprint density at radius 1 is 0.683 bits per heavy atom. The summed E-state index contributed by atoms with van der Waals surface area (Å²) in [6.07, 6.45) is 7.35. The van der Waals surface area contributed by atoms with Gasteiger partial charge in [-0.2, -0.15) is 5.26 Å². The Bertz CT molecular complexity index is 1270. The number of aromatic hydroxyl groups is 3. The molecule has 3 fully saturated rings. The van der Waals surface area contributed by atoms with Crippen LogP contribution in [0.2, 0.25) is 0 Å². The summed E-state index contributed by atoms with van der Waals surface area (Å²) in [4.78, 5) is 0. The number of hydrogen-bond donors (Lipinski definition) is 3. The lowest BCUT2D eigenvalue weighted by Crippen LogP contribution is -2.00. The van der Waals surface area contributed by atoms with Crippen LogP contribution in [0.25, 0.3) is 0 Å². The van der Waals surface area contributed by atoms with Crippen LogP contribution in [0.15, 0.2) is 60.7 Å². The minimum Gasteiger partial charge on any atom is -0.508 e. The smallest absolute Gasteiger partial charge is 0.165 e. The topological polar surface area (TPSA) is 112 Å². The van der Waals surface area contributed by atoms with Crippen LogP contribution in [0.1, 0.15) is 45.4 Å². The first kappa shape index (κ1) is 31.3. The van der Waals surface area contributed by atoms with Crippen molar-refractivity contribution in [1.29, 1.82) is 5.26 Å². The van der Waals surface area contributed by atoms with Gasteiger partial charge in [-0.15, -0.1) is 0 Å². The van der Waals surface area contributed by atoms with E-state index in [0.29, 0.717) is 30.8 Å². The van der Waals surface area contributed by atoms with Crippen molar-refractivity contribution < 1.29 is 38.3 Å². The summed E-state index contributed by atoms with van der Waals surface area (Å²) in [5.74, 6) is 2.36. The number of benzene rings is 3. The maximum absolute atomic E-state index is 13.0. The van der Waals surface area contributed by atoms with Crippen molar-refractivity contribution in [2.45, 2.75) is 45.4 Å². The molecule has 0 bridgehead atoms. The molecule has 3 aliphatic rings. The first-order valence-electron chi connectivity index (χ1n) is 13.7. The largest absolute Gasteiger partial charge is 0.508 e. The van der Waals surface area contributed by atoms with Crippen molar-refractivity contribution in [3.05, 3.63) is 72.3 Å². The molecule has 3 aromatic carbocycles. The van der Waals surface area contributed by atoms with Gasteiger partial charge in [0.2, 0.25) is 0 Å². The first-order chi connectivity index (χ1) is 19.8. The Hall–Kier alpha value is -4.19. The van der Waals surface area contributed by atoms with Crippen LogP contribution >= 0.6 is 0 Å². The highest BCUT2D eigenvalue weighted by Crippen LogP contribution is 2.32. The van der Waals surface area contributed by atoms with Crippen LogP contribution in [-0.2, 0) is 0 Å². The molecule has 3 aromatic rings. The molecule has 0 unspecified atom stereocenters. The van der Waals surface area contributed by atoms with E-state index < -0.39 is 11.6 Å². The summed E-state index contributed by atoms with van der Waals surface area (Å²) >= 11 is 0. The van der Waals surface area contributed by atoms with Gasteiger partial charge in [-0.05, 0) is 92.7 Å². The summed E-state index contributed by atoms with van der Waals surface area (Å²) in [6.45, 7) is 3.45. The quantitative estimate of drug-likeness (QED) is 0.247. The Balaban J connectivity index is 0.000000161. The van der Waals surface area contributed by atoms with E-state index in [1.165, 1.54) is 81.8 Å². The molecule has 0 saturated heterocycles. The molecule has 9 heteroatoms. The third kappa shape index (κ3) is 13.1. The molecular weight excluding hydrogens is 532 g/mol. The van der Waals surface area contributed by atoms with Gasteiger partial charge < -0.3 is 29.5 Å². The van der Waals surface area contributed by atoms with Gasteiger partial charge in [-0.1, -0.05) is 6.07 Å². The fraction of sp³-hybridized carbons (Fsp3) is 0.406. The number of ether oxygens (including phenoxy) is 3. The zero-order chi connectivity index (χ0) is 29.6. The Morgan fingerprint density at radius 3 is 1.68 bits per heavy atom. The highest BCUT2D eigenvalue weighted by Gasteiger charge is 2.23. The molecule has 3 saturated carbocycles. The molecule has 7 nitrogen and oxygen atoms in total. The van der Waals surface area contributed by atoms with Crippen LogP contribution in [0.4, 0.5) is 8.78 Å². The highest BCUT2D eigenvalue weighted by molar-refractivity contribution is 5.34. The monoisotopic (exact) mass is 569 g/mol. The lowest BCUT2D eigenvalue weighted by molar-refractivity contribution is 0.283. The van der Waals surface area contributed by atoms with Crippen molar-refractivity contribution in [2.75, 3.05) is 19.8 Å². The summed E-state index contributed by atoms with van der Waals surface area (Å²) in [5, 5.41) is 34.5. The van der Waals surface area contributed by atoms with E-state index >= 15 is 0 Å². The zero-order valence-electron chi connectivity index (χ0n) is 23.1. The van der Waals surface area contributed by atoms with Crippen LogP contribution in [-0.4, -0.2) is 35.1 Å². The molecule has 0 aliphatic heterocycles. The second kappa shape index (κ2) is 16.2. The van der Waals surface area contributed by atoms with E-state index in [2.05, 4.69) is 0 Å². The maximum atomic E-state index is 13.0. The van der Waals surface area contributed by atoms with Gasteiger partial charge in [-0.25, -0.2) is 8.78 Å². The number of nitrogens with zero attached hydrogens (tertiary/aromatic N) is 1. The van der Waals surface area contributed by atoms with Gasteiger partial charge in [0, 0.05) is 25.1 Å². The molecular formula is C32H37F2NO6. The van der Waals surface area contributed by atoms with Crippen molar-refractivity contribution in [3.8, 4) is 40.6 Å². The normalized spacial score (nSPS) is 14.9. The Labute approximate surface area is 239 Å². The number of nitriles is 1. The van der Waals surface area contributed by atoms with E-state index in [1.807, 2.05) is 6.07 Å². The molecule has 0 aromatic heterocycles. The van der Waals surface area contributed by atoms with E-state index in [4.69, 9.17) is 34.8 Å². The fourth-order valence-corrected chi connectivity index (χ4v) is 3.25. The summed E-state index contributed by atoms with van der Waals surface area (Å²) < 4.78 is 41.6. The number of phenolic OH excluding ortho intramolecular Hbond substituents is 3. The van der Waals surface area contributed by atoms with Crippen LogP contribution in [0.3, 0.4) is 0 Å². The van der Waals surface area contributed by atoms with Gasteiger partial charge in [0.15, 0.2) is 23.1 Å². The highest BCUT2D eigenvalue weighted by atomic mass is 19.1. The van der Waals surface area contributed by atoms with Gasteiger partial charge >= 0.3 is 0 Å². The van der Waals surface area contributed by atoms with Gasteiger partial charge in [0.1, 0.15) is 23.0 Å². The first-order valence-corrected chi connectivity index (χ1v) is 13.7. The van der Waals surface area contributed by atoms with E-state index in [1.54, 1.807) is 24.3 Å². The number of rotatable bonds is 9. The average molecular weight is 570 g/mol. The van der Waals surface area contributed by atoms with E-state index in [-0.39, 0.29) is 23.0 Å². The Kier molecular flexibility index (Phi) is 12.4. The summed E-state index contributed by atoms with van der Waals surface area (Å²) in [7, 11) is 0. The molecule has 0 amide bonds. The molecule has 0 spiro atoms. The molecule has 3 N–H and O–H groups in total. The third-order valence-electron chi connectivity index (χ3n) is 6.19. The van der Waals surface area contributed by atoms with Crippen LogP contribution < -0.4 is 14.2 Å². The van der Waals surface area contributed by atoms with Gasteiger partial charge in [0.05, 0.1) is 25.9 Å². The fourth-order valence-electron chi connectivity index (χ4n) is 3.25. The van der Waals surface area contributed by atoms with Gasteiger partial charge in [0.25, 0.3) is 0 Å². The molecule has 0 heterocycles. The summed E-state index contributed by atoms with van der Waals surface area (Å²) in [6, 6.07) is 16.5. The van der Waals surface area contributed by atoms with Crippen molar-refractivity contribution in [1.82, 2.24) is 0 Å². The third-order valence-corrected chi connectivity index (χ3v) is 6.19. The van der Waals surface area contributed by atoms with E-state index in [9.17, 15) is 8.78 Å². The molecule has 41 heavy (non-hydrogen) atoms. The van der Waals surface area contributed by atoms with Crippen LogP contribution in [0.5, 0.6) is 34.5 Å². The lowest BCUT2D eigenvalue weighted by atomic mass is 10.3. The van der Waals surface area contributed by atoms with Gasteiger partial charge in [-0.3, -0.25) is 0 Å². The van der Waals surface area contributed by atoms with Crippen molar-refractivity contribution in [3.63, 3.8) is 0 Å². The molecule has 0 atom stereocenters. The van der Waals surface area contributed by atoms with Crippen molar-refractivity contribution in [2.24, 2.45) is 17.8 Å². The molecule has 6 rings (SSSR count). The second-order valence-electron chi connectivity index (χ2n) is 10.2. The predicted molar refractivity (Wildman–Crippen MR) is 150 cm³/mol. The molecule has 0 radical (unpaired) electrons. The lowest BCUT2D eigenvalue weighted by Gasteiger charge is -2.05. The minimum absolute atomic E-state index is 0.0344. The second-order valence-corrected chi connectivity index (χ2v) is 10.2. The SMILES string of the molecule is CC#N.Oc1cc(OCC2CC2)ccc1F.Oc1ccc(F)c(OCC2CC2)c1.Oc1cccc(OCC2CC2)c1. The van der Waals surface area contributed by atoms with Crippen molar-refractivity contribution >= 4 is 0 Å². The average Bonchev–Trinajstić information content (AvgIpc) is 3.81. The number of phenols is 3. The predicted octanol–water partition coefficient (Wildman–Crippen LogP) is 7.35. The number of halogens is 2. The maximum Gasteiger partial charge on any atom is 0.165 e. The summed E-state index contributed by atoms with van der Waals surface area (Å²) in [5.41, 5.74) is 0. The standard InChI is InChI=1S/2C10H11FO2.C10H12O2.C2H3N/c11-9-4-3-8(5-10(9)12)13-6-7-1-2-7;11-9-4-3-8(12)5-10(9)13-6-7-1-2-7;11-9-2-1-3-10(6-9)12-7-8-4-5-8;1-2-3/h2*3-5,7,12H,1-2,6H2;1-3,6,8,11H,4-5,7H2;1H3. The molecule has 3 aliphatic carbocycles. The zero-order valence-corrected chi connectivity index (χ0v) is 23.1.